The lowest BCUT2D eigenvalue weighted by Gasteiger charge is -2.17. The fourth-order valence-electron chi connectivity index (χ4n) is 3.12. The summed E-state index contributed by atoms with van der Waals surface area (Å²) >= 11 is 0. The zero-order valence-electron chi connectivity index (χ0n) is 20.3. The minimum atomic E-state index is -0.484. The van der Waals surface area contributed by atoms with Gasteiger partial charge >= 0.3 is 0 Å². The van der Waals surface area contributed by atoms with Crippen molar-refractivity contribution < 1.29 is 24.3 Å². The van der Waals surface area contributed by atoms with Crippen LogP contribution in [0.3, 0.4) is 0 Å². The normalized spacial score (nSPS) is 11.8. The lowest BCUT2D eigenvalue weighted by atomic mass is 9.99. The second kappa shape index (κ2) is 15.4. The highest BCUT2D eigenvalue weighted by Crippen LogP contribution is 2.31. The van der Waals surface area contributed by atoms with E-state index in [0.29, 0.717) is 30.6 Å². The van der Waals surface area contributed by atoms with Crippen molar-refractivity contribution >= 4 is 11.8 Å². The van der Waals surface area contributed by atoms with Gasteiger partial charge in [-0.25, -0.2) is 9.87 Å². The molecule has 1 heterocycles. The van der Waals surface area contributed by atoms with Crippen LogP contribution in [0.2, 0.25) is 0 Å². The van der Waals surface area contributed by atoms with Gasteiger partial charge in [-0.1, -0.05) is 70.9 Å². The standard InChI is InChI=1S/C20H21FN2O3.C2H2O.2C2H6/c1-12-3-5-14(6-4-12)16-9-15-11-23(8-7-13(2)19(24)22-26)20(25)17(15)10-18(16)21;1-2-3;2*1-2/h3-6,9-10,13,26H,7-8,11H2,1-2H3,(H,22,24);1,3H;2*1-2H3. The molecule has 180 valence electrons. The molecule has 6 nitrogen and oxygen atoms in total. The Kier molecular flexibility index (Phi) is 13.9. The average Bonchev–Trinajstić information content (AvgIpc) is 3.14. The SMILES string of the molecule is C#CO.CC.CC.Cc1ccc(-c2cc3c(cc2F)C(=O)N(CCC(C)C(=O)NO)C3)cc1. The number of carbonyl (C=O) groups is 2. The van der Waals surface area contributed by atoms with Crippen LogP contribution in [0, 0.1) is 31.2 Å². The van der Waals surface area contributed by atoms with E-state index in [9.17, 15) is 14.0 Å². The van der Waals surface area contributed by atoms with Crippen LogP contribution >= 0.6 is 0 Å². The molecule has 2 amide bonds. The zero-order valence-corrected chi connectivity index (χ0v) is 20.3. The summed E-state index contributed by atoms with van der Waals surface area (Å²) in [5.74, 6) is -1.56. The number of fused-ring (bicyclic) bond motifs is 1. The number of benzene rings is 2. The van der Waals surface area contributed by atoms with E-state index in [2.05, 4.69) is 6.42 Å². The minimum absolute atomic E-state index is 0.231. The first kappa shape index (κ1) is 29.6. The first-order valence-electron chi connectivity index (χ1n) is 11.0. The summed E-state index contributed by atoms with van der Waals surface area (Å²) in [5, 5.41) is 15.8. The number of hydrogen-bond donors (Lipinski definition) is 3. The van der Waals surface area contributed by atoms with Crippen molar-refractivity contribution in [2.75, 3.05) is 6.54 Å². The quantitative estimate of drug-likeness (QED) is 0.323. The number of aliphatic hydroxyl groups excluding tert-OH is 1. The Morgan fingerprint density at radius 2 is 1.73 bits per heavy atom. The highest BCUT2D eigenvalue weighted by molar-refractivity contribution is 5.99. The molecule has 3 rings (SSSR count). The maximum absolute atomic E-state index is 14.5. The predicted octanol–water partition coefficient (Wildman–Crippen LogP) is 5.29. The average molecular weight is 459 g/mol. The number of hydrogen-bond acceptors (Lipinski definition) is 4. The number of terminal acetylenes is 1. The van der Waals surface area contributed by atoms with Crippen LogP contribution in [0.4, 0.5) is 4.39 Å². The van der Waals surface area contributed by atoms with Crippen LogP contribution in [0.5, 0.6) is 0 Å². The molecule has 0 radical (unpaired) electrons. The van der Waals surface area contributed by atoms with Gasteiger partial charge in [-0.2, -0.15) is 0 Å². The van der Waals surface area contributed by atoms with Crippen LogP contribution in [0.1, 0.15) is 62.5 Å². The van der Waals surface area contributed by atoms with E-state index >= 15 is 0 Å². The number of aliphatic hydroxyl groups is 1. The molecule has 1 unspecified atom stereocenters. The number of carbonyl (C=O) groups excluding carboxylic acids is 2. The molecule has 3 N–H and O–H groups in total. The van der Waals surface area contributed by atoms with Gasteiger partial charge in [0.2, 0.25) is 5.91 Å². The van der Waals surface area contributed by atoms with Gasteiger partial charge in [0.05, 0.1) is 0 Å². The van der Waals surface area contributed by atoms with Gasteiger partial charge in [-0.05, 0) is 36.6 Å². The summed E-state index contributed by atoms with van der Waals surface area (Å²) in [6.45, 7) is 12.4. The third-order valence-corrected chi connectivity index (χ3v) is 4.82. The number of nitrogens with zero attached hydrogens (tertiary/aromatic N) is 1. The lowest BCUT2D eigenvalue weighted by molar-refractivity contribution is -0.133. The van der Waals surface area contributed by atoms with Gasteiger partial charge in [0.25, 0.3) is 5.91 Å². The van der Waals surface area contributed by atoms with Crippen LogP contribution in [-0.4, -0.2) is 33.6 Å². The number of amides is 2. The minimum Gasteiger partial charge on any atom is -0.462 e. The molecule has 0 fully saturated rings. The molecule has 2 aromatic rings. The summed E-state index contributed by atoms with van der Waals surface area (Å²) in [7, 11) is 0. The van der Waals surface area contributed by atoms with Crippen molar-refractivity contribution in [1.82, 2.24) is 10.4 Å². The third kappa shape index (κ3) is 8.24. The first-order valence-corrected chi connectivity index (χ1v) is 11.0. The Bertz CT molecular complexity index is 937. The molecule has 0 bridgehead atoms. The Morgan fingerprint density at radius 3 is 2.24 bits per heavy atom. The van der Waals surface area contributed by atoms with Crippen molar-refractivity contribution in [3.8, 4) is 23.7 Å². The molecular formula is C26H35FN2O4. The van der Waals surface area contributed by atoms with Crippen LogP contribution < -0.4 is 5.48 Å². The number of rotatable bonds is 5. The summed E-state index contributed by atoms with van der Waals surface area (Å²) < 4.78 is 14.5. The van der Waals surface area contributed by atoms with Crippen molar-refractivity contribution in [1.29, 1.82) is 0 Å². The molecular weight excluding hydrogens is 423 g/mol. The summed E-state index contributed by atoms with van der Waals surface area (Å²) in [6.07, 6.45) is 5.82. The summed E-state index contributed by atoms with van der Waals surface area (Å²) in [5.41, 5.74) is 5.12. The Balaban J connectivity index is 0.00000132. The lowest BCUT2D eigenvalue weighted by Crippen LogP contribution is -2.31. The number of hydroxylamine groups is 1. The van der Waals surface area contributed by atoms with E-state index in [1.165, 1.54) is 12.2 Å². The van der Waals surface area contributed by atoms with Crippen LogP contribution in [0.15, 0.2) is 36.4 Å². The van der Waals surface area contributed by atoms with Crippen molar-refractivity contribution in [2.24, 2.45) is 5.92 Å². The van der Waals surface area contributed by atoms with E-state index in [1.54, 1.807) is 23.4 Å². The molecule has 0 aromatic heterocycles. The zero-order chi connectivity index (χ0) is 25.6. The van der Waals surface area contributed by atoms with Crippen molar-refractivity contribution in [3.05, 3.63) is 58.9 Å². The highest BCUT2D eigenvalue weighted by Gasteiger charge is 2.29. The molecule has 1 aliphatic rings. The maximum Gasteiger partial charge on any atom is 0.254 e. The first-order chi connectivity index (χ1) is 15.8. The number of halogens is 1. The maximum atomic E-state index is 14.5. The molecule has 1 aliphatic heterocycles. The molecule has 0 saturated heterocycles. The molecule has 7 heteroatoms. The fourth-order valence-corrected chi connectivity index (χ4v) is 3.12. The van der Waals surface area contributed by atoms with E-state index in [4.69, 9.17) is 10.3 Å². The second-order valence-corrected chi connectivity index (χ2v) is 6.88. The monoisotopic (exact) mass is 458 g/mol. The molecule has 33 heavy (non-hydrogen) atoms. The van der Waals surface area contributed by atoms with Crippen LogP contribution in [-0.2, 0) is 11.3 Å². The van der Waals surface area contributed by atoms with Gasteiger partial charge in [0.1, 0.15) is 11.9 Å². The molecule has 1 atom stereocenters. The molecule has 0 saturated carbocycles. The largest absolute Gasteiger partial charge is 0.462 e. The van der Waals surface area contributed by atoms with Crippen molar-refractivity contribution in [2.45, 2.75) is 54.5 Å². The van der Waals surface area contributed by atoms with E-state index in [-0.39, 0.29) is 5.91 Å². The molecule has 0 spiro atoms. The topological polar surface area (TPSA) is 89.9 Å². The summed E-state index contributed by atoms with van der Waals surface area (Å²) in [6, 6.07) is 10.6. The number of nitrogens with one attached hydrogen (secondary N) is 1. The smallest absolute Gasteiger partial charge is 0.254 e. The fraction of sp³-hybridized carbons (Fsp3) is 0.385. The van der Waals surface area contributed by atoms with Crippen molar-refractivity contribution in [3.63, 3.8) is 0 Å². The van der Waals surface area contributed by atoms with Gasteiger partial charge in [-0.15, -0.1) is 0 Å². The predicted molar refractivity (Wildman–Crippen MR) is 128 cm³/mol. The molecule has 0 aliphatic carbocycles. The second-order valence-electron chi connectivity index (χ2n) is 6.88. The van der Waals surface area contributed by atoms with Gasteiger partial charge in [-0.3, -0.25) is 14.8 Å². The van der Waals surface area contributed by atoms with E-state index in [0.717, 1.165) is 16.7 Å². The van der Waals surface area contributed by atoms with Gasteiger partial charge < -0.3 is 10.0 Å². The third-order valence-electron chi connectivity index (χ3n) is 4.82. The van der Waals surface area contributed by atoms with Crippen LogP contribution in [0.25, 0.3) is 11.1 Å². The molecule has 2 aromatic carbocycles. The van der Waals surface area contributed by atoms with E-state index in [1.807, 2.05) is 58.9 Å². The highest BCUT2D eigenvalue weighted by atomic mass is 19.1. The Hall–Kier alpha value is -3.37. The van der Waals surface area contributed by atoms with Gasteiger partial charge in [0, 0.05) is 30.1 Å². The van der Waals surface area contributed by atoms with Gasteiger partial charge in [0.15, 0.2) is 0 Å². The number of aryl methyl sites for hydroxylation is 1. The van der Waals surface area contributed by atoms with E-state index < -0.39 is 17.6 Å². The summed E-state index contributed by atoms with van der Waals surface area (Å²) in [4.78, 5) is 25.5. The Morgan fingerprint density at radius 1 is 1.18 bits per heavy atom. The Labute approximate surface area is 196 Å².